The van der Waals surface area contributed by atoms with E-state index in [4.69, 9.17) is 4.74 Å². The molecule has 4 heteroatoms. The lowest BCUT2D eigenvalue weighted by molar-refractivity contribution is 0.0519. The van der Waals surface area contributed by atoms with Gasteiger partial charge in [0.2, 0.25) is 0 Å². The van der Waals surface area contributed by atoms with Crippen molar-refractivity contribution in [1.29, 1.82) is 0 Å². The van der Waals surface area contributed by atoms with Crippen LogP contribution in [0.15, 0.2) is 0 Å². The molecule has 2 saturated carbocycles. The summed E-state index contributed by atoms with van der Waals surface area (Å²) in [6.45, 7) is 8.61. The molecule has 0 radical (unpaired) electrons. The Morgan fingerprint density at radius 1 is 1.15 bits per heavy atom. The molecule has 2 N–H and O–H groups in total. The van der Waals surface area contributed by atoms with E-state index in [1.54, 1.807) is 0 Å². The molecule has 20 heavy (non-hydrogen) atoms. The minimum atomic E-state index is -0.424. The minimum Gasteiger partial charge on any atom is -0.444 e. The van der Waals surface area contributed by atoms with Gasteiger partial charge in [0.05, 0.1) is 0 Å². The van der Waals surface area contributed by atoms with Gasteiger partial charge in [-0.1, -0.05) is 6.92 Å². The van der Waals surface area contributed by atoms with Gasteiger partial charge in [-0.15, -0.1) is 0 Å². The summed E-state index contributed by atoms with van der Waals surface area (Å²) in [6.07, 6.45) is 6.18. The maximum atomic E-state index is 11.7. The van der Waals surface area contributed by atoms with Crippen molar-refractivity contribution in [3.05, 3.63) is 0 Å². The normalized spacial score (nSPS) is 22.2. The Morgan fingerprint density at radius 3 is 2.15 bits per heavy atom. The largest absolute Gasteiger partial charge is 0.444 e. The zero-order valence-corrected chi connectivity index (χ0v) is 13.4. The van der Waals surface area contributed by atoms with Crippen molar-refractivity contribution in [2.45, 2.75) is 77.5 Å². The number of hydrogen-bond acceptors (Lipinski definition) is 3. The lowest BCUT2D eigenvalue weighted by Crippen LogP contribution is -2.48. The Morgan fingerprint density at radius 2 is 1.70 bits per heavy atom. The molecule has 0 aliphatic heterocycles. The average Bonchev–Trinajstić information content (AvgIpc) is 3.18. The van der Waals surface area contributed by atoms with Crippen LogP contribution in [-0.2, 0) is 4.74 Å². The first-order valence-corrected chi connectivity index (χ1v) is 8.12. The third-order valence-corrected chi connectivity index (χ3v) is 4.12. The van der Waals surface area contributed by atoms with E-state index in [1.165, 1.54) is 32.1 Å². The molecule has 4 nitrogen and oxygen atoms in total. The van der Waals surface area contributed by atoms with Crippen molar-refractivity contribution >= 4 is 6.09 Å². The van der Waals surface area contributed by atoms with Crippen molar-refractivity contribution in [2.75, 3.05) is 6.54 Å². The number of nitrogens with one attached hydrogen (secondary N) is 2. The third kappa shape index (κ3) is 5.31. The second-order valence-corrected chi connectivity index (χ2v) is 7.35. The van der Waals surface area contributed by atoms with Crippen LogP contribution in [0.4, 0.5) is 4.79 Å². The SMILES string of the molecule is CCC(NC(CNC(=O)OC(C)(C)C)C1CC1)C1CC1. The van der Waals surface area contributed by atoms with E-state index in [2.05, 4.69) is 17.6 Å². The second-order valence-electron chi connectivity index (χ2n) is 7.35. The molecule has 2 unspecified atom stereocenters. The molecule has 2 fully saturated rings. The van der Waals surface area contributed by atoms with E-state index in [0.29, 0.717) is 18.6 Å². The summed E-state index contributed by atoms with van der Waals surface area (Å²) in [5.41, 5.74) is -0.424. The van der Waals surface area contributed by atoms with Gasteiger partial charge in [0.25, 0.3) is 0 Å². The molecular formula is C16H30N2O2. The highest BCUT2D eigenvalue weighted by atomic mass is 16.6. The predicted molar refractivity (Wildman–Crippen MR) is 80.7 cm³/mol. The maximum Gasteiger partial charge on any atom is 0.407 e. The quantitative estimate of drug-likeness (QED) is 0.754. The third-order valence-electron chi connectivity index (χ3n) is 4.12. The topological polar surface area (TPSA) is 50.4 Å². The van der Waals surface area contributed by atoms with Crippen molar-refractivity contribution in [3.63, 3.8) is 0 Å². The Labute approximate surface area is 123 Å². The lowest BCUT2D eigenvalue weighted by atomic mass is 10.1. The zero-order chi connectivity index (χ0) is 14.8. The van der Waals surface area contributed by atoms with Gasteiger partial charge in [-0.3, -0.25) is 0 Å². The standard InChI is InChI=1S/C16H30N2O2/c1-5-13(11-6-7-11)18-14(12-8-9-12)10-17-15(19)20-16(2,3)4/h11-14,18H,5-10H2,1-4H3,(H,17,19). The van der Waals surface area contributed by atoms with Gasteiger partial charge < -0.3 is 15.4 Å². The van der Waals surface area contributed by atoms with Crippen LogP contribution in [0.5, 0.6) is 0 Å². The molecule has 2 aliphatic carbocycles. The Kier molecular flexibility index (Phi) is 4.95. The van der Waals surface area contributed by atoms with Crippen LogP contribution in [0.25, 0.3) is 0 Å². The Hall–Kier alpha value is -0.770. The van der Waals surface area contributed by atoms with E-state index in [0.717, 1.165) is 11.8 Å². The van der Waals surface area contributed by atoms with Gasteiger partial charge in [-0.25, -0.2) is 4.79 Å². The molecule has 2 aliphatic rings. The molecule has 0 aromatic carbocycles. The highest BCUT2D eigenvalue weighted by molar-refractivity contribution is 5.67. The molecule has 0 heterocycles. The fourth-order valence-electron chi connectivity index (χ4n) is 2.73. The summed E-state index contributed by atoms with van der Waals surface area (Å²) >= 11 is 0. The van der Waals surface area contributed by atoms with Crippen LogP contribution < -0.4 is 10.6 Å². The molecule has 0 aromatic heterocycles. The van der Waals surface area contributed by atoms with Gasteiger partial charge >= 0.3 is 6.09 Å². The number of hydrogen-bond donors (Lipinski definition) is 2. The lowest BCUT2D eigenvalue weighted by Gasteiger charge is -2.26. The number of ether oxygens (including phenoxy) is 1. The number of carbonyl (C=O) groups is 1. The summed E-state index contributed by atoms with van der Waals surface area (Å²) < 4.78 is 5.30. The summed E-state index contributed by atoms with van der Waals surface area (Å²) in [7, 11) is 0. The van der Waals surface area contributed by atoms with E-state index < -0.39 is 5.60 Å². The summed E-state index contributed by atoms with van der Waals surface area (Å²) in [6, 6.07) is 1.04. The van der Waals surface area contributed by atoms with Crippen LogP contribution in [0.3, 0.4) is 0 Å². The maximum absolute atomic E-state index is 11.7. The molecule has 2 rings (SSSR count). The first kappa shape index (κ1) is 15.6. The highest BCUT2D eigenvalue weighted by Gasteiger charge is 2.36. The fourth-order valence-corrected chi connectivity index (χ4v) is 2.73. The van der Waals surface area contributed by atoms with Crippen LogP contribution in [0.1, 0.15) is 59.8 Å². The Balaban J connectivity index is 1.76. The molecular weight excluding hydrogens is 252 g/mol. The zero-order valence-electron chi connectivity index (χ0n) is 13.4. The molecule has 2 atom stereocenters. The number of carbonyl (C=O) groups excluding carboxylic acids is 1. The van der Waals surface area contributed by atoms with Gasteiger partial charge in [0.15, 0.2) is 0 Å². The molecule has 116 valence electrons. The average molecular weight is 282 g/mol. The molecule has 0 spiro atoms. The van der Waals surface area contributed by atoms with Crippen LogP contribution in [0.2, 0.25) is 0 Å². The van der Waals surface area contributed by atoms with Gasteiger partial charge in [0.1, 0.15) is 5.60 Å². The highest BCUT2D eigenvalue weighted by Crippen LogP contribution is 2.37. The van der Waals surface area contributed by atoms with Crippen molar-refractivity contribution in [2.24, 2.45) is 11.8 Å². The van der Waals surface area contributed by atoms with Crippen molar-refractivity contribution in [1.82, 2.24) is 10.6 Å². The summed E-state index contributed by atoms with van der Waals surface area (Å²) in [4.78, 5) is 11.7. The predicted octanol–water partition coefficient (Wildman–Crippen LogP) is 3.07. The van der Waals surface area contributed by atoms with Crippen molar-refractivity contribution < 1.29 is 9.53 Å². The number of alkyl carbamates (subject to hydrolysis) is 1. The van der Waals surface area contributed by atoms with Crippen LogP contribution in [0, 0.1) is 11.8 Å². The number of amides is 1. The van der Waals surface area contributed by atoms with E-state index in [9.17, 15) is 4.79 Å². The minimum absolute atomic E-state index is 0.301. The van der Waals surface area contributed by atoms with Gasteiger partial charge in [-0.05, 0) is 64.7 Å². The van der Waals surface area contributed by atoms with Crippen LogP contribution in [-0.4, -0.2) is 30.3 Å². The smallest absolute Gasteiger partial charge is 0.407 e. The number of rotatable bonds is 7. The Bertz CT molecular complexity index is 330. The fraction of sp³-hybridized carbons (Fsp3) is 0.938. The van der Waals surface area contributed by atoms with Gasteiger partial charge in [-0.2, -0.15) is 0 Å². The van der Waals surface area contributed by atoms with Crippen LogP contribution >= 0.6 is 0 Å². The first-order chi connectivity index (χ1) is 9.39. The second kappa shape index (κ2) is 6.33. The van der Waals surface area contributed by atoms with Gasteiger partial charge in [0, 0.05) is 18.6 Å². The summed E-state index contributed by atoms with van der Waals surface area (Å²) in [5, 5.41) is 6.70. The van der Waals surface area contributed by atoms with E-state index in [1.807, 2.05) is 20.8 Å². The molecule has 1 amide bonds. The van der Waals surface area contributed by atoms with E-state index in [-0.39, 0.29) is 6.09 Å². The van der Waals surface area contributed by atoms with Crippen molar-refractivity contribution in [3.8, 4) is 0 Å². The molecule has 0 bridgehead atoms. The summed E-state index contributed by atoms with van der Waals surface area (Å²) in [5.74, 6) is 1.60. The van der Waals surface area contributed by atoms with E-state index >= 15 is 0 Å². The monoisotopic (exact) mass is 282 g/mol. The molecule has 0 aromatic rings. The first-order valence-electron chi connectivity index (χ1n) is 8.12. The molecule has 0 saturated heterocycles.